The van der Waals surface area contributed by atoms with Crippen LogP contribution < -0.4 is 4.90 Å². The van der Waals surface area contributed by atoms with Gasteiger partial charge in [0.25, 0.3) is 0 Å². The molecule has 1 heterocycles. The van der Waals surface area contributed by atoms with Crippen molar-refractivity contribution in [3.05, 3.63) is 69.7 Å². The molecule has 0 bridgehead atoms. The summed E-state index contributed by atoms with van der Waals surface area (Å²) in [7, 11) is 0. The van der Waals surface area contributed by atoms with Crippen LogP contribution in [0.1, 0.15) is 28.8 Å². The second kappa shape index (κ2) is 9.04. The summed E-state index contributed by atoms with van der Waals surface area (Å²) in [5.74, 6) is -0.879. The maximum absolute atomic E-state index is 12.2. The van der Waals surface area contributed by atoms with Gasteiger partial charge in [-0.2, -0.15) is 0 Å². The van der Waals surface area contributed by atoms with Crippen LogP contribution in [0.3, 0.4) is 0 Å². The summed E-state index contributed by atoms with van der Waals surface area (Å²) >= 11 is 11.7. The molecule has 2 aromatic rings. The highest BCUT2D eigenvalue weighted by Gasteiger charge is 2.21. The molecule has 0 spiro atoms. The molecular weight excluding hydrogens is 401 g/mol. The van der Waals surface area contributed by atoms with Gasteiger partial charge in [0.05, 0.1) is 10.0 Å². The van der Waals surface area contributed by atoms with E-state index in [2.05, 4.69) is 0 Å². The molecular formula is C21H17Cl2NO4. The second-order valence-electron chi connectivity index (χ2n) is 6.23. The van der Waals surface area contributed by atoms with Gasteiger partial charge in [0, 0.05) is 30.3 Å². The first-order valence-electron chi connectivity index (χ1n) is 8.67. The number of ether oxygens (including phenoxy) is 1. The SMILES string of the molecule is O=C(/C=C/c1ccc(Cl)c(Cl)c1)OCC(=O)c1ccc(N2CCCC2=O)cc1. The first-order valence-corrected chi connectivity index (χ1v) is 9.43. The highest BCUT2D eigenvalue weighted by Crippen LogP contribution is 2.23. The Morgan fingerprint density at radius 2 is 1.82 bits per heavy atom. The summed E-state index contributed by atoms with van der Waals surface area (Å²) in [6, 6.07) is 11.6. The second-order valence-corrected chi connectivity index (χ2v) is 7.05. The average Bonchev–Trinajstić information content (AvgIpc) is 3.13. The van der Waals surface area contributed by atoms with Crippen LogP contribution in [0, 0.1) is 0 Å². The van der Waals surface area contributed by atoms with Gasteiger partial charge in [-0.3, -0.25) is 9.59 Å². The number of halogens is 2. The highest BCUT2D eigenvalue weighted by atomic mass is 35.5. The van der Waals surface area contributed by atoms with E-state index in [4.69, 9.17) is 27.9 Å². The zero-order chi connectivity index (χ0) is 20.1. The molecule has 1 fully saturated rings. The lowest BCUT2D eigenvalue weighted by molar-refractivity contribution is -0.136. The number of benzene rings is 2. The van der Waals surface area contributed by atoms with Crippen LogP contribution in [0.15, 0.2) is 48.5 Å². The largest absolute Gasteiger partial charge is 0.454 e. The molecule has 0 unspecified atom stereocenters. The van der Waals surface area contributed by atoms with Crippen molar-refractivity contribution in [1.29, 1.82) is 0 Å². The van der Waals surface area contributed by atoms with E-state index in [1.54, 1.807) is 47.4 Å². The van der Waals surface area contributed by atoms with Crippen LogP contribution in [0.25, 0.3) is 6.08 Å². The van der Waals surface area contributed by atoms with Crippen molar-refractivity contribution >= 4 is 52.6 Å². The molecule has 2 aromatic carbocycles. The van der Waals surface area contributed by atoms with Gasteiger partial charge >= 0.3 is 5.97 Å². The molecule has 1 saturated heterocycles. The zero-order valence-corrected chi connectivity index (χ0v) is 16.4. The lowest BCUT2D eigenvalue weighted by Crippen LogP contribution is -2.23. The first kappa shape index (κ1) is 20.1. The maximum Gasteiger partial charge on any atom is 0.331 e. The summed E-state index contributed by atoms with van der Waals surface area (Å²) in [5, 5.41) is 0.804. The van der Waals surface area contributed by atoms with E-state index in [0.29, 0.717) is 34.1 Å². The molecule has 0 aromatic heterocycles. The van der Waals surface area contributed by atoms with E-state index in [1.807, 2.05) is 0 Å². The zero-order valence-electron chi connectivity index (χ0n) is 14.9. The Kier molecular flexibility index (Phi) is 6.49. The molecule has 0 saturated carbocycles. The Labute approximate surface area is 172 Å². The van der Waals surface area contributed by atoms with E-state index in [1.165, 1.54) is 12.2 Å². The van der Waals surface area contributed by atoms with E-state index in [9.17, 15) is 14.4 Å². The lowest BCUT2D eigenvalue weighted by Gasteiger charge is -2.15. The van der Waals surface area contributed by atoms with Crippen LogP contribution in [-0.2, 0) is 14.3 Å². The number of amides is 1. The van der Waals surface area contributed by atoms with Gasteiger partial charge in [0.2, 0.25) is 5.91 Å². The Bertz CT molecular complexity index is 938. The normalized spacial score (nSPS) is 13.9. The van der Waals surface area contributed by atoms with Crippen LogP contribution in [-0.4, -0.2) is 30.8 Å². The van der Waals surface area contributed by atoms with Crippen LogP contribution in [0.5, 0.6) is 0 Å². The van der Waals surface area contributed by atoms with Gasteiger partial charge < -0.3 is 9.64 Å². The van der Waals surface area contributed by atoms with Crippen molar-refractivity contribution < 1.29 is 19.1 Å². The lowest BCUT2D eigenvalue weighted by atomic mass is 10.1. The highest BCUT2D eigenvalue weighted by molar-refractivity contribution is 6.42. The Hall–Kier alpha value is -2.63. The fourth-order valence-corrected chi connectivity index (χ4v) is 3.10. The third kappa shape index (κ3) is 5.00. The number of nitrogens with zero attached hydrogens (tertiary/aromatic N) is 1. The maximum atomic E-state index is 12.2. The van der Waals surface area contributed by atoms with Crippen LogP contribution in [0.4, 0.5) is 5.69 Å². The summed E-state index contributed by atoms with van der Waals surface area (Å²) in [4.78, 5) is 37.4. The third-order valence-electron chi connectivity index (χ3n) is 4.28. The number of hydrogen-bond donors (Lipinski definition) is 0. The summed E-state index contributed by atoms with van der Waals surface area (Å²) in [6.45, 7) is 0.321. The van der Waals surface area contributed by atoms with E-state index < -0.39 is 5.97 Å². The summed E-state index contributed by atoms with van der Waals surface area (Å²) < 4.78 is 4.98. The topological polar surface area (TPSA) is 63.7 Å². The van der Waals surface area contributed by atoms with Gasteiger partial charge in [0.1, 0.15) is 0 Å². The molecule has 1 amide bonds. The minimum atomic E-state index is -0.640. The number of hydrogen-bond acceptors (Lipinski definition) is 4. The standard InChI is InChI=1S/C21H17Cl2NO4/c22-17-9-3-14(12-18(17)23)4-10-21(27)28-13-19(25)15-5-7-16(8-6-15)24-11-1-2-20(24)26/h3-10,12H,1-2,11,13H2/b10-4+. The fraction of sp³-hybridized carbons (Fsp3) is 0.190. The van der Waals surface area contributed by atoms with Gasteiger partial charge in [-0.05, 0) is 54.5 Å². The molecule has 0 atom stereocenters. The summed E-state index contributed by atoms with van der Waals surface area (Å²) in [5.41, 5.74) is 1.86. The molecule has 0 N–H and O–H groups in total. The fourth-order valence-electron chi connectivity index (χ4n) is 2.80. The van der Waals surface area contributed by atoms with E-state index in [-0.39, 0.29) is 18.3 Å². The van der Waals surface area contributed by atoms with Crippen molar-refractivity contribution in [3.63, 3.8) is 0 Å². The van der Waals surface area contributed by atoms with Crippen LogP contribution >= 0.6 is 23.2 Å². The van der Waals surface area contributed by atoms with Gasteiger partial charge in [0.15, 0.2) is 12.4 Å². The molecule has 1 aliphatic rings. The Morgan fingerprint density at radius 3 is 2.46 bits per heavy atom. The van der Waals surface area contributed by atoms with Crippen molar-refractivity contribution in [2.24, 2.45) is 0 Å². The Morgan fingerprint density at radius 1 is 1.07 bits per heavy atom. The van der Waals surface area contributed by atoms with Crippen molar-refractivity contribution in [3.8, 4) is 0 Å². The van der Waals surface area contributed by atoms with Crippen molar-refractivity contribution in [2.75, 3.05) is 18.1 Å². The third-order valence-corrected chi connectivity index (χ3v) is 5.01. The molecule has 3 rings (SSSR count). The van der Waals surface area contributed by atoms with E-state index in [0.717, 1.165) is 12.1 Å². The number of esters is 1. The smallest absolute Gasteiger partial charge is 0.331 e. The van der Waals surface area contributed by atoms with Crippen molar-refractivity contribution in [2.45, 2.75) is 12.8 Å². The number of ketones is 1. The number of rotatable bonds is 6. The predicted molar refractivity (Wildman–Crippen MR) is 109 cm³/mol. The minimum Gasteiger partial charge on any atom is -0.454 e. The number of carbonyl (C=O) groups is 3. The molecule has 0 radical (unpaired) electrons. The molecule has 7 heteroatoms. The quantitative estimate of drug-likeness (QED) is 0.392. The van der Waals surface area contributed by atoms with E-state index >= 15 is 0 Å². The predicted octanol–water partition coefficient (Wildman–Crippen LogP) is 4.56. The number of anilines is 1. The molecule has 5 nitrogen and oxygen atoms in total. The average molecular weight is 418 g/mol. The van der Waals surface area contributed by atoms with Gasteiger partial charge in [-0.15, -0.1) is 0 Å². The van der Waals surface area contributed by atoms with Gasteiger partial charge in [-0.25, -0.2) is 4.79 Å². The monoisotopic (exact) mass is 417 g/mol. The number of carbonyl (C=O) groups excluding carboxylic acids is 3. The Balaban J connectivity index is 1.53. The minimum absolute atomic E-state index is 0.0850. The van der Waals surface area contributed by atoms with Crippen LogP contribution in [0.2, 0.25) is 10.0 Å². The summed E-state index contributed by atoms with van der Waals surface area (Å²) in [6.07, 6.45) is 4.13. The molecule has 0 aliphatic carbocycles. The first-order chi connectivity index (χ1) is 13.4. The van der Waals surface area contributed by atoms with Gasteiger partial charge in [-0.1, -0.05) is 29.3 Å². The molecule has 28 heavy (non-hydrogen) atoms. The molecule has 1 aliphatic heterocycles. The molecule has 144 valence electrons. The van der Waals surface area contributed by atoms with Crippen molar-refractivity contribution in [1.82, 2.24) is 0 Å². The number of Topliss-reactive ketones (excluding diaryl/α,β-unsaturated/α-hetero) is 1.